The largest absolute Gasteiger partial charge is 0.354 e. The van der Waals surface area contributed by atoms with E-state index in [1.807, 2.05) is 75.4 Å². The van der Waals surface area contributed by atoms with Crippen LogP contribution in [0.15, 0.2) is 112 Å². The number of benzene rings is 4. The van der Waals surface area contributed by atoms with Crippen molar-refractivity contribution in [2.24, 2.45) is 5.92 Å². The minimum absolute atomic E-state index is 0.0587. The molecule has 1 N–H and O–H groups in total. The molecular formula is C35H37BrFN3O4S. The minimum Gasteiger partial charge on any atom is -0.354 e. The molecule has 236 valence electrons. The first-order valence-electron chi connectivity index (χ1n) is 14.6. The summed E-state index contributed by atoms with van der Waals surface area (Å²) in [5.74, 6) is -1.30. The Kier molecular flexibility index (Phi) is 11.5. The zero-order valence-electron chi connectivity index (χ0n) is 25.5. The molecule has 0 spiro atoms. The average Bonchev–Trinajstić information content (AvgIpc) is 3.01. The molecule has 0 aliphatic heterocycles. The van der Waals surface area contributed by atoms with Crippen molar-refractivity contribution in [2.45, 2.75) is 44.7 Å². The molecule has 0 radical (unpaired) electrons. The maximum Gasteiger partial charge on any atom is 0.264 e. The summed E-state index contributed by atoms with van der Waals surface area (Å²) in [6.07, 6.45) is 0.222. The molecule has 4 rings (SSSR count). The Hall–Kier alpha value is -4.02. The maximum atomic E-state index is 14.5. The molecular weight excluding hydrogens is 657 g/mol. The van der Waals surface area contributed by atoms with Crippen molar-refractivity contribution in [3.8, 4) is 0 Å². The number of carbonyl (C=O) groups excluding carboxylic acids is 2. The van der Waals surface area contributed by atoms with E-state index in [4.69, 9.17) is 0 Å². The third-order valence-corrected chi connectivity index (χ3v) is 9.48. The quantitative estimate of drug-likeness (QED) is 0.173. The highest BCUT2D eigenvalue weighted by molar-refractivity contribution is 9.10. The van der Waals surface area contributed by atoms with Crippen LogP contribution in [-0.4, -0.2) is 44.3 Å². The third-order valence-electron chi connectivity index (χ3n) is 7.20. The van der Waals surface area contributed by atoms with Gasteiger partial charge in [0.2, 0.25) is 11.8 Å². The lowest BCUT2D eigenvalue weighted by atomic mass is 10.0. The highest BCUT2D eigenvalue weighted by atomic mass is 79.9. The summed E-state index contributed by atoms with van der Waals surface area (Å²) in [7, 11) is -4.31. The third kappa shape index (κ3) is 9.25. The Morgan fingerprint density at radius 1 is 0.867 bits per heavy atom. The van der Waals surface area contributed by atoms with Gasteiger partial charge in [-0.25, -0.2) is 12.8 Å². The van der Waals surface area contributed by atoms with E-state index < -0.39 is 34.3 Å². The number of hydrogen-bond acceptors (Lipinski definition) is 4. The topological polar surface area (TPSA) is 86.8 Å². The summed E-state index contributed by atoms with van der Waals surface area (Å²) in [6.45, 7) is 5.73. The molecule has 0 fully saturated rings. The van der Waals surface area contributed by atoms with Crippen LogP contribution in [-0.2, 0) is 32.6 Å². The van der Waals surface area contributed by atoms with E-state index in [9.17, 15) is 22.4 Å². The van der Waals surface area contributed by atoms with Gasteiger partial charge in [-0.1, -0.05) is 89.9 Å². The van der Waals surface area contributed by atoms with Gasteiger partial charge >= 0.3 is 0 Å². The van der Waals surface area contributed by atoms with Gasteiger partial charge < -0.3 is 10.2 Å². The summed E-state index contributed by atoms with van der Waals surface area (Å²) in [4.78, 5) is 29.6. The fraction of sp³-hybridized carbons (Fsp3) is 0.257. The van der Waals surface area contributed by atoms with Gasteiger partial charge in [-0.3, -0.25) is 13.9 Å². The number of nitrogens with zero attached hydrogens (tertiary/aromatic N) is 2. The zero-order valence-corrected chi connectivity index (χ0v) is 27.9. The Balaban J connectivity index is 1.79. The molecule has 2 amide bonds. The lowest BCUT2D eigenvalue weighted by molar-refractivity contribution is -0.140. The number of sulfonamides is 1. The van der Waals surface area contributed by atoms with E-state index in [-0.39, 0.29) is 35.4 Å². The molecule has 45 heavy (non-hydrogen) atoms. The highest BCUT2D eigenvalue weighted by Gasteiger charge is 2.34. The van der Waals surface area contributed by atoms with Crippen molar-refractivity contribution >= 4 is 43.5 Å². The van der Waals surface area contributed by atoms with Gasteiger partial charge in [0.15, 0.2) is 0 Å². The normalized spacial score (nSPS) is 12.0. The van der Waals surface area contributed by atoms with Gasteiger partial charge in [-0.15, -0.1) is 0 Å². The Labute approximate surface area is 273 Å². The number of halogens is 2. The molecule has 0 aliphatic carbocycles. The van der Waals surface area contributed by atoms with E-state index in [0.29, 0.717) is 6.54 Å². The Bertz CT molecular complexity index is 1700. The molecule has 0 bridgehead atoms. The van der Waals surface area contributed by atoms with E-state index in [1.165, 1.54) is 17.0 Å². The predicted octanol–water partition coefficient (Wildman–Crippen LogP) is 6.50. The van der Waals surface area contributed by atoms with Crippen LogP contribution >= 0.6 is 15.9 Å². The Morgan fingerprint density at radius 3 is 2.13 bits per heavy atom. The molecule has 0 saturated heterocycles. The molecule has 0 saturated carbocycles. The number of amides is 2. The van der Waals surface area contributed by atoms with Gasteiger partial charge in [0.25, 0.3) is 10.0 Å². The van der Waals surface area contributed by atoms with Crippen LogP contribution in [0.5, 0.6) is 0 Å². The molecule has 0 heterocycles. The highest BCUT2D eigenvalue weighted by Crippen LogP contribution is 2.26. The minimum atomic E-state index is -4.31. The summed E-state index contributed by atoms with van der Waals surface area (Å²) < 4.78 is 43.6. The van der Waals surface area contributed by atoms with Crippen molar-refractivity contribution in [3.05, 3.63) is 130 Å². The van der Waals surface area contributed by atoms with Crippen molar-refractivity contribution in [3.63, 3.8) is 0 Å². The molecule has 7 nitrogen and oxygen atoms in total. The molecule has 10 heteroatoms. The van der Waals surface area contributed by atoms with Crippen molar-refractivity contribution in [2.75, 3.05) is 17.4 Å². The lowest BCUT2D eigenvalue weighted by Gasteiger charge is -2.34. The number of hydrogen-bond donors (Lipinski definition) is 1. The summed E-state index contributed by atoms with van der Waals surface area (Å²) >= 11 is 3.49. The number of anilines is 1. The molecule has 0 aliphatic rings. The second kappa shape index (κ2) is 15.3. The van der Waals surface area contributed by atoms with Crippen LogP contribution in [0.1, 0.15) is 30.5 Å². The van der Waals surface area contributed by atoms with E-state index in [0.717, 1.165) is 37.6 Å². The smallest absolute Gasteiger partial charge is 0.264 e. The summed E-state index contributed by atoms with van der Waals surface area (Å²) in [5.41, 5.74) is 2.79. The van der Waals surface area contributed by atoms with Crippen LogP contribution in [0.3, 0.4) is 0 Å². The first-order valence-corrected chi connectivity index (χ1v) is 16.9. The molecule has 1 unspecified atom stereocenters. The summed E-state index contributed by atoms with van der Waals surface area (Å²) in [6, 6.07) is 27.1. The fourth-order valence-corrected chi connectivity index (χ4v) is 6.64. The van der Waals surface area contributed by atoms with Gasteiger partial charge in [0.05, 0.1) is 10.6 Å². The zero-order chi connectivity index (χ0) is 32.6. The first-order chi connectivity index (χ1) is 21.4. The van der Waals surface area contributed by atoms with Gasteiger partial charge in [0.1, 0.15) is 18.4 Å². The van der Waals surface area contributed by atoms with Crippen LogP contribution < -0.4 is 9.62 Å². The van der Waals surface area contributed by atoms with Gasteiger partial charge in [-0.05, 0) is 72.5 Å². The number of aryl methyl sites for hydroxylation is 1. The van der Waals surface area contributed by atoms with Crippen molar-refractivity contribution in [1.29, 1.82) is 0 Å². The van der Waals surface area contributed by atoms with E-state index >= 15 is 0 Å². The second-order valence-electron chi connectivity index (χ2n) is 11.3. The number of carbonyl (C=O) groups is 2. The van der Waals surface area contributed by atoms with Gasteiger partial charge in [-0.2, -0.15) is 0 Å². The van der Waals surface area contributed by atoms with Crippen molar-refractivity contribution in [1.82, 2.24) is 10.2 Å². The van der Waals surface area contributed by atoms with Crippen LogP contribution in [0, 0.1) is 18.7 Å². The van der Waals surface area contributed by atoms with E-state index in [1.54, 1.807) is 24.3 Å². The number of nitrogens with one attached hydrogen (secondary N) is 1. The number of rotatable bonds is 13. The second-order valence-corrected chi connectivity index (χ2v) is 14.1. The van der Waals surface area contributed by atoms with Crippen LogP contribution in [0.25, 0.3) is 0 Å². The Morgan fingerprint density at radius 2 is 1.51 bits per heavy atom. The maximum absolute atomic E-state index is 14.5. The fourth-order valence-electron chi connectivity index (χ4n) is 4.78. The monoisotopic (exact) mass is 693 g/mol. The molecule has 4 aromatic rings. The van der Waals surface area contributed by atoms with Gasteiger partial charge in [0, 0.05) is 24.0 Å². The molecule has 4 aromatic carbocycles. The average molecular weight is 695 g/mol. The van der Waals surface area contributed by atoms with Crippen molar-refractivity contribution < 1.29 is 22.4 Å². The SMILES string of the molecule is Cc1ccc(N(CC(=O)N(Cc2cccc(Br)c2)C(Cc2ccccc2)C(=O)NCC(C)C)S(=O)(=O)c2ccc(F)cc2)cc1. The first kappa shape index (κ1) is 33.9. The summed E-state index contributed by atoms with van der Waals surface area (Å²) in [5, 5.41) is 2.98. The lowest BCUT2D eigenvalue weighted by Crippen LogP contribution is -2.53. The standard InChI is InChI=1S/C35H37BrFN3O4S/c1-25(2)22-38-35(42)33(21-27-8-5-4-6-9-27)39(23-28-10-7-11-29(36)20-28)34(41)24-40(31-16-12-26(3)13-17-31)45(43,44)32-18-14-30(37)15-19-32/h4-20,25,33H,21-24H2,1-3H3,(H,38,42). The van der Waals surface area contributed by atoms with Crippen LogP contribution in [0.2, 0.25) is 0 Å². The predicted molar refractivity (Wildman–Crippen MR) is 179 cm³/mol. The van der Waals surface area contributed by atoms with Crippen LogP contribution in [0.4, 0.5) is 10.1 Å². The molecule has 0 aromatic heterocycles. The van der Waals surface area contributed by atoms with E-state index in [2.05, 4.69) is 21.2 Å². The molecule has 1 atom stereocenters.